The van der Waals surface area contributed by atoms with Crippen LogP contribution in [-0.4, -0.2) is 39.0 Å². The number of fused-ring (bicyclic) bond motifs is 1. The van der Waals surface area contributed by atoms with Gasteiger partial charge in [-0.15, -0.1) is 0 Å². The Morgan fingerprint density at radius 2 is 1.53 bits per heavy atom. The number of hydrogen-bond acceptors (Lipinski definition) is 6. The first-order chi connectivity index (χ1) is 14.3. The predicted molar refractivity (Wildman–Crippen MR) is 99.9 cm³/mol. The van der Waals surface area contributed by atoms with Gasteiger partial charge in [0.05, 0.1) is 25.3 Å². The maximum atomic E-state index is 13.1. The molecule has 0 aromatic heterocycles. The molecule has 0 aliphatic carbocycles. The van der Waals surface area contributed by atoms with Crippen LogP contribution in [0, 0.1) is 0 Å². The molecular formula is C21H19F3O6. The monoisotopic (exact) mass is 424 g/mol. The van der Waals surface area contributed by atoms with Gasteiger partial charge in [0.15, 0.2) is 23.1 Å². The highest BCUT2D eigenvalue weighted by Crippen LogP contribution is 2.48. The van der Waals surface area contributed by atoms with E-state index in [0.717, 1.165) is 12.1 Å². The number of alkyl halides is 3. The number of halogens is 3. The summed E-state index contributed by atoms with van der Waals surface area (Å²) in [5.74, 6) is -0.412. The first-order valence-electron chi connectivity index (χ1n) is 9.05. The van der Waals surface area contributed by atoms with Crippen molar-refractivity contribution in [2.24, 2.45) is 0 Å². The molecule has 6 nitrogen and oxygen atoms in total. The van der Waals surface area contributed by atoms with Gasteiger partial charge in [0.2, 0.25) is 11.5 Å². The molecule has 0 spiro atoms. The second kappa shape index (κ2) is 8.64. The van der Waals surface area contributed by atoms with E-state index in [1.54, 1.807) is 0 Å². The highest BCUT2D eigenvalue weighted by Gasteiger charge is 2.35. The van der Waals surface area contributed by atoms with Crippen molar-refractivity contribution in [2.75, 3.05) is 27.4 Å². The molecule has 2 aromatic rings. The van der Waals surface area contributed by atoms with Crippen LogP contribution in [0.4, 0.5) is 13.2 Å². The lowest BCUT2D eigenvalue weighted by atomic mass is 9.97. The van der Waals surface area contributed by atoms with Crippen molar-refractivity contribution in [1.82, 2.24) is 0 Å². The lowest BCUT2D eigenvalue weighted by Gasteiger charge is -2.23. The quantitative estimate of drug-likeness (QED) is 0.616. The normalized spacial score (nSPS) is 13.0. The van der Waals surface area contributed by atoms with Crippen LogP contribution in [-0.2, 0) is 6.18 Å². The van der Waals surface area contributed by atoms with Crippen LogP contribution in [0.25, 0.3) is 0 Å². The SMILES string of the molecule is COc1c(C(=O)CCC(=O)c2ccccc2C(F)(F)F)cc2c(c1OC)OCCO2. The summed E-state index contributed by atoms with van der Waals surface area (Å²) in [7, 11) is 2.72. The van der Waals surface area contributed by atoms with Gasteiger partial charge < -0.3 is 18.9 Å². The molecule has 0 atom stereocenters. The number of benzene rings is 2. The molecule has 2 aromatic carbocycles. The average Bonchev–Trinajstić information content (AvgIpc) is 2.75. The third-order valence-electron chi connectivity index (χ3n) is 4.56. The molecule has 1 aliphatic heterocycles. The molecule has 0 amide bonds. The number of ether oxygens (including phenoxy) is 4. The van der Waals surface area contributed by atoms with Crippen LogP contribution in [0.1, 0.15) is 39.1 Å². The van der Waals surface area contributed by atoms with Gasteiger partial charge in [0, 0.05) is 18.4 Å². The zero-order valence-electron chi connectivity index (χ0n) is 16.3. The molecule has 1 aliphatic rings. The minimum Gasteiger partial charge on any atom is -0.492 e. The Labute approximate surface area is 170 Å². The molecular weight excluding hydrogens is 405 g/mol. The van der Waals surface area contributed by atoms with Crippen molar-refractivity contribution < 1.29 is 41.7 Å². The van der Waals surface area contributed by atoms with Gasteiger partial charge >= 0.3 is 6.18 Å². The van der Waals surface area contributed by atoms with Gasteiger partial charge in [-0.3, -0.25) is 9.59 Å². The molecule has 30 heavy (non-hydrogen) atoms. The third-order valence-corrected chi connectivity index (χ3v) is 4.56. The summed E-state index contributed by atoms with van der Waals surface area (Å²) in [5.41, 5.74) is -1.40. The molecule has 0 N–H and O–H groups in total. The van der Waals surface area contributed by atoms with Crippen molar-refractivity contribution in [3.63, 3.8) is 0 Å². The minimum absolute atomic E-state index is 0.0931. The van der Waals surface area contributed by atoms with Gasteiger partial charge in [0.1, 0.15) is 13.2 Å². The van der Waals surface area contributed by atoms with Crippen LogP contribution in [0.2, 0.25) is 0 Å². The highest BCUT2D eigenvalue weighted by molar-refractivity contribution is 6.05. The van der Waals surface area contributed by atoms with Gasteiger partial charge in [0.25, 0.3) is 0 Å². The van der Waals surface area contributed by atoms with Crippen LogP contribution >= 0.6 is 0 Å². The molecule has 160 valence electrons. The van der Waals surface area contributed by atoms with Crippen LogP contribution in [0.5, 0.6) is 23.0 Å². The van der Waals surface area contributed by atoms with Crippen LogP contribution < -0.4 is 18.9 Å². The average molecular weight is 424 g/mol. The molecule has 0 fully saturated rings. The molecule has 0 radical (unpaired) electrons. The Hall–Kier alpha value is -3.23. The number of hydrogen-bond donors (Lipinski definition) is 0. The minimum atomic E-state index is -4.66. The van der Waals surface area contributed by atoms with Gasteiger partial charge in [-0.2, -0.15) is 13.2 Å². The van der Waals surface area contributed by atoms with E-state index in [9.17, 15) is 22.8 Å². The first-order valence-corrected chi connectivity index (χ1v) is 9.05. The molecule has 0 bridgehead atoms. The van der Waals surface area contributed by atoms with E-state index in [1.165, 1.54) is 32.4 Å². The van der Waals surface area contributed by atoms with E-state index in [2.05, 4.69) is 0 Å². The predicted octanol–water partition coefficient (Wildman–Crippen LogP) is 4.34. The second-order valence-electron chi connectivity index (χ2n) is 6.40. The number of ketones is 2. The van der Waals surface area contributed by atoms with Crippen molar-refractivity contribution in [2.45, 2.75) is 19.0 Å². The Kier molecular flexibility index (Phi) is 6.19. The summed E-state index contributed by atoms with van der Waals surface area (Å²) < 4.78 is 61.0. The van der Waals surface area contributed by atoms with Crippen molar-refractivity contribution in [3.8, 4) is 23.0 Å². The Bertz CT molecular complexity index is 968. The van der Waals surface area contributed by atoms with Gasteiger partial charge in [-0.25, -0.2) is 0 Å². The smallest absolute Gasteiger partial charge is 0.417 e. The summed E-state index contributed by atoms with van der Waals surface area (Å²) >= 11 is 0. The molecule has 3 rings (SSSR count). The zero-order chi connectivity index (χ0) is 21.9. The first kappa shape index (κ1) is 21.5. The van der Waals surface area contributed by atoms with E-state index in [0.29, 0.717) is 12.4 Å². The summed E-state index contributed by atoms with van der Waals surface area (Å²) in [6.45, 7) is 0.579. The topological polar surface area (TPSA) is 71.1 Å². The van der Waals surface area contributed by atoms with Crippen LogP contribution in [0.15, 0.2) is 30.3 Å². The number of methoxy groups -OCH3 is 2. The Balaban J connectivity index is 1.85. The summed E-state index contributed by atoms with van der Waals surface area (Å²) in [4.78, 5) is 25.2. The molecule has 0 saturated carbocycles. The van der Waals surface area contributed by atoms with E-state index >= 15 is 0 Å². The fourth-order valence-corrected chi connectivity index (χ4v) is 3.20. The Morgan fingerprint density at radius 3 is 2.17 bits per heavy atom. The number of carbonyl (C=O) groups excluding carboxylic acids is 2. The van der Waals surface area contributed by atoms with Crippen molar-refractivity contribution in [3.05, 3.63) is 47.0 Å². The largest absolute Gasteiger partial charge is 0.492 e. The Morgan fingerprint density at radius 1 is 0.933 bits per heavy atom. The number of Topliss-reactive ketones (excluding diaryl/α,β-unsaturated/α-hetero) is 2. The fraction of sp³-hybridized carbons (Fsp3) is 0.333. The summed E-state index contributed by atoms with van der Waals surface area (Å²) in [6.07, 6.45) is -5.38. The van der Waals surface area contributed by atoms with Gasteiger partial charge in [-0.05, 0) is 12.1 Å². The maximum Gasteiger partial charge on any atom is 0.417 e. The second-order valence-corrected chi connectivity index (χ2v) is 6.40. The number of rotatable bonds is 7. The standard InChI is InChI=1S/C21H19F3O6/c1-27-18-13(11-17-19(20(18)28-2)30-10-9-29-17)16(26)8-7-15(25)12-5-3-4-6-14(12)21(22,23)24/h3-6,11H,7-10H2,1-2H3. The molecule has 1 heterocycles. The highest BCUT2D eigenvalue weighted by atomic mass is 19.4. The maximum absolute atomic E-state index is 13.1. The van der Waals surface area contributed by atoms with Crippen molar-refractivity contribution >= 4 is 11.6 Å². The van der Waals surface area contributed by atoms with E-state index in [4.69, 9.17) is 18.9 Å². The third kappa shape index (κ3) is 4.19. The molecule has 9 heteroatoms. The van der Waals surface area contributed by atoms with E-state index in [-0.39, 0.29) is 35.8 Å². The lowest BCUT2D eigenvalue weighted by molar-refractivity contribution is -0.137. The van der Waals surface area contributed by atoms with Gasteiger partial charge in [-0.1, -0.05) is 18.2 Å². The summed E-state index contributed by atoms with van der Waals surface area (Å²) in [6, 6.07) is 5.91. The molecule has 0 saturated heterocycles. The number of carbonyl (C=O) groups is 2. The summed E-state index contributed by atoms with van der Waals surface area (Å²) in [5, 5.41) is 0. The van der Waals surface area contributed by atoms with E-state index < -0.39 is 35.3 Å². The zero-order valence-corrected chi connectivity index (χ0v) is 16.3. The fourth-order valence-electron chi connectivity index (χ4n) is 3.20. The van der Waals surface area contributed by atoms with Crippen LogP contribution in [0.3, 0.4) is 0 Å². The van der Waals surface area contributed by atoms with Crippen molar-refractivity contribution in [1.29, 1.82) is 0 Å². The van der Waals surface area contributed by atoms with E-state index in [1.807, 2.05) is 0 Å². The molecule has 0 unspecified atom stereocenters. The lowest BCUT2D eigenvalue weighted by Crippen LogP contribution is -2.18.